The van der Waals surface area contributed by atoms with Gasteiger partial charge in [-0.25, -0.2) is 0 Å². The molecule has 3 rings (SSSR count). The highest BCUT2D eigenvalue weighted by Gasteiger charge is 2.10. The minimum atomic E-state index is 0.587. The second kappa shape index (κ2) is 7.12. The normalized spacial score (nSPS) is 16.0. The lowest BCUT2D eigenvalue weighted by molar-refractivity contribution is 0.294. The number of hydrogen-bond acceptors (Lipinski definition) is 3. The molecule has 1 saturated heterocycles. The van der Waals surface area contributed by atoms with Crippen molar-refractivity contribution in [3.05, 3.63) is 59.7 Å². The van der Waals surface area contributed by atoms with Crippen LogP contribution in [0.2, 0.25) is 0 Å². The van der Waals surface area contributed by atoms with Crippen molar-refractivity contribution >= 4 is 11.8 Å². The molecule has 1 heterocycles. The highest BCUT2D eigenvalue weighted by Crippen LogP contribution is 2.24. The summed E-state index contributed by atoms with van der Waals surface area (Å²) in [5.41, 5.74) is 10.9. The van der Waals surface area contributed by atoms with Gasteiger partial charge in [0.1, 0.15) is 0 Å². The summed E-state index contributed by atoms with van der Waals surface area (Å²) in [5.74, 6) is 2.53. The molecule has 0 saturated carbocycles. The number of benzene rings is 2. The molecule has 0 atom stereocenters. The molecule has 0 aliphatic carbocycles. The summed E-state index contributed by atoms with van der Waals surface area (Å²) in [6.07, 6.45) is 0. The fourth-order valence-electron chi connectivity index (χ4n) is 2.79. The lowest BCUT2D eigenvalue weighted by Gasteiger charge is -2.26. The van der Waals surface area contributed by atoms with E-state index in [0.29, 0.717) is 6.54 Å². The van der Waals surface area contributed by atoms with E-state index in [1.807, 2.05) is 0 Å². The average Bonchev–Trinajstić information content (AvgIpc) is 2.56. The topological polar surface area (TPSA) is 29.3 Å². The summed E-state index contributed by atoms with van der Waals surface area (Å²) >= 11 is 2.06. The van der Waals surface area contributed by atoms with Gasteiger partial charge in [-0.2, -0.15) is 11.8 Å². The summed E-state index contributed by atoms with van der Waals surface area (Å²) in [6.45, 7) is 4.08. The van der Waals surface area contributed by atoms with Crippen LogP contribution < -0.4 is 5.73 Å². The van der Waals surface area contributed by atoms with Crippen molar-refractivity contribution in [1.29, 1.82) is 0 Å². The molecule has 1 aliphatic rings. The summed E-state index contributed by atoms with van der Waals surface area (Å²) < 4.78 is 0. The zero-order valence-electron chi connectivity index (χ0n) is 12.3. The molecule has 0 aromatic heterocycles. The Hall–Kier alpha value is -1.29. The Kier molecular flexibility index (Phi) is 4.96. The molecule has 3 heteroatoms. The summed E-state index contributed by atoms with van der Waals surface area (Å²) in [6, 6.07) is 17.3. The van der Waals surface area contributed by atoms with E-state index >= 15 is 0 Å². The molecular weight excluding hydrogens is 276 g/mol. The Morgan fingerprint density at radius 1 is 0.952 bits per heavy atom. The van der Waals surface area contributed by atoms with Crippen LogP contribution in [0.1, 0.15) is 11.1 Å². The van der Waals surface area contributed by atoms with Crippen LogP contribution in [0.25, 0.3) is 11.1 Å². The van der Waals surface area contributed by atoms with Gasteiger partial charge in [0.15, 0.2) is 0 Å². The van der Waals surface area contributed by atoms with E-state index in [1.54, 1.807) is 0 Å². The van der Waals surface area contributed by atoms with Crippen LogP contribution in [0.3, 0.4) is 0 Å². The molecule has 1 aliphatic heterocycles. The SMILES string of the molecule is NCc1ccccc1-c1ccc(CN2CCSCC2)cc1. The maximum atomic E-state index is 5.83. The number of rotatable bonds is 4. The van der Waals surface area contributed by atoms with Crippen LogP contribution in [-0.2, 0) is 13.1 Å². The Morgan fingerprint density at radius 3 is 2.38 bits per heavy atom. The van der Waals surface area contributed by atoms with Gasteiger partial charge in [0.05, 0.1) is 0 Å². The van der Waals surface area contributed by atoms with Gasteiger partial charge in [0, 0.05) is 37.7 Å². The van der Waals surface area contributed by atoms with Gasteiger partial charge in [-0.3, -0.25) is 4.90 Å². The number of hydrogen-bond donors (Lipinski definition) is 1. The van der Waals surface area contributed by atoms with Crippen molar-refractivity contribution in [3.8, 4) is 11.1 Å². The van der Waals surface area contributed by atoms with Gasteiger partial charge in [0.25, 0.3) is 0 Å². The standard InChI is InChI=1S/C18H22N2S/c19-13-17-3-1-2-4-18(17)16-7-5-15(6-8-16)14-20-9-11-21-12-10-20/h1-8H,9-14,19H2. The minimum absolute atomic E-state index is 0.587. The van der Waals surface area contributed by atoms with E-state index < -0.39 is 0 Å². The third-order valence-corrected chi connectivity index (χ3v) is 4.95. The fraction of sp³-hybridized carbons (Fsp3) is 0.333. The molecule has 0 bridgehead atoms. The maximum absolute atomic E-state index is 5.83. The van der Waals surface area contributed by atoms with Crippen molar-refractivity contribution in [2.75, 3.05) is 24.6 Å². The van der Waals surface area contributed by atoms with Crippen LogP contribution in [0.4, 0.5) is 0 Å². The smallest absolute Gasteiger partial charge is 0.0234 e. The van der Waals surface area contributed by atoms with Gasteiger partial charge < -0.3 is 5.73 Å². The molecule has 0 radical (unpaired) electrons. The van der Waals surface area contributed by atoms with Crippen LogP contribution in [0, 0.1) is 0 Å². The third kappa shape index (κ3) is 3.67. The predicted octanol–water partition coefficient (Wildman–Crippen LogP) is 3.36. The van der Waals surface area contributed by atoms with Crippen molar-refractivity contribution in [2.24, 2.45) is 5.73 Å². The number of nitrogens with two attached hydrogens (primary N) is 1. The summed E-state index contributed by atoms with van der Waals surface area (Å²) in [5, 5.41) is 0. The molecule has 0 unspecified atom stereocenters. The number of nitrogens with zero attached hydrogens (tertiary/aromatic N) is 1. The second-order valence-corrected chi connectivity index (χ2v) is 6.67. The molecular formula is C18H22N2S. The van der Waals surface area contributed by atoms with E-state index in [1.165, 1.54) is 46.8 Å². The molecule has 0 amide bonds. The molecule has 21 heavy (non-hydrogen) atoms. The second-order valence-electron chi connectivity index (χ2n) is 5.45. The van der Waals surface area contributed by atoms with Gasteiger partial charge in [-0.1, -0.05) is 48.5 Å². The minimum Gasteiger partial charge on any atom is -0.326 e. The lowest BCUT2D eigenvalue weighted by Crippen LogP contribution is -2.31. The Bertz CT molecular complexity index is 574. The molecule has 1 fully saturated rings. The van der Waals surface area contributed by atoms with Crippen LogP contribution >= 0.6 is 11.8 Å². The van der Waals surface area contributed by atoms with E-state index in [2.05, 4.69) is 65.2 Å². The first kappa shape index (κ1) is 14.6. The van der Waals surface area contributed by atoms with Gasteiger partial charge >= 0.3 is 0 Å². The van der Waals surface area contributed by atoms with Gasteiger partial charge in [-0.05, 0) is 22.3 Å². The third-order valence-electron chi connectivity index (χ3n) is 4.01. The Labute approximate surface area is 131 Å². The van der Waals surface area contributed by atoms with E-state index in [-0.39, 0.29) is 0 Å². The molecule has 2 aromatic rings. The largest absolute Gasteiger partial charge is 0.326 e. The first-order valence-electron chi connectivity index (χ1n) is 7.54. The fourth-order valence-corrected chi connectivity index (χ4v) is 3.77. The molecule has 2 aromatic carbocycles. The van der Waals surface area contributed by atoms with Crippen molar-refractivity contribution in [2.45, 2.75) is 13.1 Å². The highest BCUT2D eigenvalue weighted by molar-refractivity contribution is 7.99. The molecule has 0 spiro atoms. The van der Waals surface area contributed by atoms with E-state index in [9.17, 15) is 0 Å². The Balaban J connectivity index is 1.74. The molecule has 2 N–H and O–H groups in total. The molecule has 110 valence electrons. The average molecular weight is 298 g/mol. The van der Waals surface area contributed by atoms with Crippen LogP contribution in [0.15, 0.2) is 48.5 Å². The zero-order chi connectivity index (χ0) is 14.5. The lowest BCUT2D eigenvalue weighted by atomic mass is 9.98. The molecule has 2 nitrogen and oxygen atoms in total. The van der Waals surface area contributed by atoms with Gasteiger partial charge in [-0.15, -0.1) is 0 Å². The van der Waals surface area contributed by atoms with Crippen LogP contribution in [-0.4, -0.2) is 29.5 Å². The van der Waals surface area contributed by atoms with Crippen molar-refractivity contribution in [3.63, 3.8) is 0 Å². The van der Waals surface area contributed by atoms with E-state index in [0.717, 1.165) is 6.54 Å². The zero-order valence-corrected chi connectivity index (χ0v) is 13.1. The maximum Gasteiger partial charge on any atom is 0.0234 e. The first-order valence-corrected chi connectivity index (χ1v) is 8.69. The van der Waals surface area contributed by atoms with Gasteiger partial charge in [0.2, 0.25) is 0 Å². The van der Waals surface area contributed by atoms with Crippen molar-refractivity contribution in [1.82, 2.24) is 4.90 Å². The van der Waals surface area contributed by atoms with E-state index in [4.69, 9.17) is 5.73 Å². The monoisotopic (exact) mass is 298 g/mol. The summed E-state index contributed by atoms with van der Waals surface area (Å²) in [4.78, 5) is 2.54. The van der Waals surface area contributed by atoms with Crippen molar-refractivity contribution < 1.29 is 0 Å². The first-order chi connectivity index (χ1) is 10.4. The Morgan fingerprint density at radius 2 is 1.67 bits per heavy atom. The quantitative estimate of drug-likeness (QED) is 0.938. The number of thioether (sulfide) groups is 1. The highest BCUT2D eigenvalue weighted by atomic mass is 32.2. The summed E-state index contributed by atoms with van der Waals surface area (Å²) in [7, 11) is 0. The van der Waals surface area contributed by atoms with Crippen LogP contribution in [0.5, 0.6) is 0 Å². The predicted molar refractivity (Wildman–Crippen MR) is 92.4 cm³/mol.